The average Bonchev–Trinajstić information content (AvgIpc) is 2.35. The number of primary amides is 1. The van der Waals surface area contributed by atoms with Gasteiger partial charge in [-0.2, -0.15) is 4.31 Å². The van der Waals surface area contributed by atoms with Gasteiger partial charge in [0, 0.05) is 13.0 Å². The van der Waals surface area contributed by atoms with Gasteiger partial charge in [0.1, 0.15) is 0 Å². The van der Waals surface area contributed by atoms with E-state index in [1.54, 1.807) is 19.1 Å². The quantitative estimate of drug-likeness (QED) is 0.689. The molecule has 1 amide bonds. The molecule has 8 heteroatoms. The second-order valence-corrected chi connectivity index (χ2v) is 6.65. The Balaban J connectivity index is 3.02. The summed E-state index contributed by atoms with van der Waals surface area (Å²) in [6, 6.07) is 6.22. The summed E-state index contributed by atoms with van der Waals surface area (Å²) in [4.78, 5) is 11.4. The molecule has 4 N–H and O–H groups in total. The molecule has 0 bridgehead atoms. The molecule has 0 unspecified atom stereocenters. The molecule has 0 atom stereocenters. The van der Waals surface area contributed by atoms with Gasteiger partial charge in [-0.15, -0.1) is 0 Å². The Morgan fingerprint density at radius 3 is 2.20 bits per heavy atom. The van der Waals surface area contributed by atoms with Crippen molar-refractivity contribution in [3.05, 3.63) is 29.8 Å². The van der Waals surface area contributed by atoms with E-state index in [-0.39, 0.29) is 18.0 Å². The van der Waals surface area contributed by atoms with Crippen molar-refractivity contribution in [1.29, 1.82) is 0 Å². The van der Waals surface area contributed by atoms with E-state index in [2.05, 4.69) is 0 Å². The van der Waals surface area contributed by atoms with E-state index in [4.69, 9.17) is 23.7 Å². The smallest absolute Gasteiger partial charge is 0.243 e. The van der Waals surface area contributed by atoms with Crippen LogP contribution >= 0.6 is 12.2 Å². The van der Waals surface area contributed by atoms with E-state index in [1.165, 1.54) is 12.1 Å². The van der Waals surface area contributed by atoms with Gasteiger partial charge in [0.25, 0.3) is 0 Å². The van der Waals surface area contributed by atoms with Crippen LogP contribution in [-0.2, 0) is 21.2 Å². The predicted molar refractivity (Wildman–Crippen MR) is 80.6 cm³/mol. The van der Waals surface area contributed by atoms with Crippen LogP contribution in [-0.4, -0.2) is 36.7 Å². The SMILES string of the molecule is CCN(CC(N)=O)S(=O)(=O)c1ccc(CC(N)=S)cc1. The van der Waals surface area contributed by atoms with Crippen molar-refractivity contribution in [2.24, 2.45) is 11.5 Å². The lowest BCUT2D eigenvalue weighted by molar-refractivity contribution is -0.118. The van der Waals surface area contributed by atoms with Crippen molar-refractivity contribution >= 4 is 33.1 Å². The number of hydrogen-bond donors (Lipinski definition) is 2. The van der Waals surface area contributed by atoms with Crippen molar-refractivity contribution in [3.63, 3.8) is 0 Å². The molecule has 1 aromatic rings. The van der Waals surface area contributed by atoms with Crippen LogP contribution in [0.3, 0.4) is 0 Å². The summed E-state index contributed by atoms with van der Waals surface area (Å²) in [7, 11) is -3.72. The van der Waals surface area contributed by atoms with Gasteiger partial charge in [0.15, 0.2) is 0 Å². The molecule has 20 heavy (non-hydrogen) atoms. The maximum Gasteiger partial charge on any atom is 0.243 e. The molecule has 6 nitrogen and oxygen atoms in total. The Morgan fingerprint density at radius 2 is 1.80 bits per heavy atom. The lowest BCUT2D eigenvalue weighted by Crippen LogP contribution is -2.38. The first-order valence-electron chi connectivity index (χ1n) is 5.93. The number of benzene rings is 1. The largest absolute Gasteiger partial charge is 0.393 e. The van der Waals surface area contributed by atoms with Crippen LogP contribution in [0.25, 0.3) is 0 Å². The van der Waals surface area contributed by atoms with Gasteiger partial charge in [-0.3, -0.25) is 4.79 Å². The van der Waals surface area contributed by atoms with E-state index in [0.717, 1.165) is 9.87 Å². The van der Waals surface area contributed by atoms with E-state index in [1.807, 2.05) is 0 Å². The van der Waals surface area contributed by atoms with Gasteiger partial charge in [-0.05, 0) is 17.7 Å². The van der Waals surface area contributed by atoms with Crippen LogP contribution in [0.4, 0.5) is 0 Å². The average molecular weight is 315 g/mol. The standard InChI is InChI=1S/C12H17N3O3S2/c1-2-15(8-11(13)16)20(17,18)10-5-3-9(4-6-10)7-12(14)19/h3-6H,2,7-8H2,1H3,(H2,13,16)(H2,14,19). The van der Waals surface area contributed by atoms with Gasteiger partial charge in [-0.25, -0.2) is 8.42 Å². The Labute approximate surface area is 123 Å². The van der Waals surface area contributed by atoms with Crippen molar-refractivity contribution in [3.8, 4) is 0 Å². The minimum Gasteiger partial charge on any atom is -0.393 e. The summed E-state index contributed by atoms with van der Waals surface area (Å²) in [6.07, 6.45) is 0.411. The maximum absolute atomic E-state index is 12.3. The van der Waals surface area contributed by atoms with Crippen molar-refractivity contribution in [2.75, 3.05) is 13.1 Å². The molecule has 0 fully saturated rings. The van der Waals surface area contributed by atoms with Gasteiger partial charge < -0.3 is 11.5 Å². The van der Waals surface area contributed by atoms with Crippen molar-refractivity contribution < 1.29 is 13.2 Å². The zero-order valence-corrected chi connectivity index (χ0v) is 12.7. The number of thiocarbonyl (C=S) groups is 1. The number of hydrogen-bond acceptors (Lipinski definition) is 4. The van der Waals surface area contributed by atoms with Crippen LogP contribution < -0.4 is 11.5 Å². The summed E-state index contributed by atoms with van der Waals surface area (Å²) in [5.74, 6) is -0.694. The molecular formula is C12H17N3O3S2. The molecule has 110 valence electrons. The fourth-order valence-corrected chi connectivity index (χ4v) is 3.25. The van der Waals surface area contributed by atoms with Crippen LogP contribution in [0.2, 0.25) is 0 Å². The van der Waals surface area contributed by atoms with E-state index in [9.17, 15) is 13.2 Å². The summed E-state index contributed by atoms with van der Waals surface area (Å²) in [6.45, 7) is 1.47. The second kappa shape index (κ2) is 6.78. The Kier molecular flexibility index (Phi) is 5.61. The molecule has 0 radical (unpaired) electrons. The van der Waals surface area contributed by atoms with Crippen LogP contribution in [0.15, 0.2) is 29.2 Å². The molecule has 1 rings (SSSR count). The van der Waals surface area contributed by atoms with Gasteiger partial charge in [-0.1, -0.05) is 31.3 Å². The fourth-order valence-electron chi connectivity index (χ4n) is 1.67. The lowest BCUT2D eigenvalue weighted by Gasteiger charge is -2.18. The molecule has 0 aliphatic heterocycles. The monoisotopic (exact) mass is 315 g/mol. The molecule has 1 aromatic carbocycles. The lowest BCUT2D eigenvalue weighted by atomic mass is 10.1. The maximum atomic E-state index is 12.3. The van der Waals surface area contributed by atoms with Crippen LogP contribution in [0.5, 0.6) is 0 Å². The normalized spacial score (nSPS) is 11.5. The first-order valence-corrected chi connectivity index (χ1v) is 7.78. The van der Waals surface area contributed by atoms with Gasteiger partial charge in [0.05, 0.1) is 16.4 Å². The van der Waals surface area contributed by atoms with Crippen molar-refractivity contribution in [2.45, 2.75) is 18.2 Å². The third kappa shape index (κ3) is 4.26. The number of carbonyl (C=O) groups excluding carboxylic acids is 1. The molecule has 0 aliphatic rings. The molecule has 0 heterocycles. The highest BCUT2D eigenvalue weighted by atomic mass is 32.2. The number of likely N-dealkylation sites (N-methyl/N-ethyl adjacent to an activating group) is 1. The minimum absolute atomic E-state index is 0.104. The first-order chi connectivity index (χ1) is 9.27. The van der Waals surface area contributed by atoms with Gasteiger partial charge >= 0.3 is 0 Å². The molecule has 0 aromatic heterocycles. The van der Waals surface area contributed by atoms with E-state index in [0.29, 0.717) is 11.4 Å². The number of nitrogens with zero attached hydrogens (tertiary/aromatic N) is 1. The Bertz CT molecular complexity index is 597. The molecular weight excluding hydrogens is 298 g/mol. The molecule has 0 spiro atoms. The highest BCUT2D eigenvalue weighted by molar-refractivity contribution is 7.89. The zero-order valence-electron chi connectivity index (χ0n) is 11.1. The summed E-state index contributed by atoms with van der Waals surface area (Å²) in [5.41, 5.74) is 11.3. The Morgan fingerprint density at radius 1 is 1.25 bits per heavy atom. The zero-order chi connectivity index (χ0) is 15.3. The summed E-state index contributed by atoms with van der Waals surface area (Å²) >= 11 is 4.79. The highest BCUT2D eigenvalue weighted by Gasteiger charge is 2.24. The highest BCUT2D eigenvalue weighted by Crippen LogP contribution is 2.16. The third-order valence-electron chi connectivity index (χ3n) is 2.62. The van der Waals surface area contributed by atoms with E-state index < -0.39 is 15.9 Å². The molecule has 0 saturated heterocycles. The second-order valence-electron chi connectivity index (χ2n) is 4.18. The molecule has 0 aliphatic carbocycles. The number of rotatable bonds is 7. The molecule has 0 saturated carbocycles. The number of carbonyl (C=O) groups is 1. The summed E-state index contributed by atoms with van der Waals surface area (Å²) < 4.78 is 25.6. The Hall–Kier alpha value is -1.51. The number of amides is 1. The summed E-state index contributed by atoms with van der Waals surface area (Å²) in [5, 5.41) is 0. The van der Waals surface area contributed by atoms with Gasteiger partial charge in [0.2, 0.25) is 15.9 Å². The third-order valence-corrected chi connectivity index (χ3v) is 4.70. The van der Waals surface area contributed by atoms with E-state index >= 15 is 0 Å². The number of sulfonamides is 1. The van der Waals surface area contributed by atoms with Crippen LogP contribution in [0, 0.1) is 0 Å². The van der Waals surface area contributed by atoms with Crippen molar-refractivity contribution in [1.82, 2.24) is 4.31 Å². The number of nitrogens with two attached hydrogens (primary N) is 2. The topological polar surface area (TPSA) is 106 Å². The minimum atomic E-state index is -3.72. The first kappa shape index (κ1) is 16.5. The fraction of sp³-hybridized carbons (Fsp3) is 0.333. The predicted octanol–water partition coefficient (Wildman–Crippen LogP) is 0.0111. The van der Waals surface area contributed by atoms with Crippen LogP contribution in [0.1, 0.15) is 12.5 Å².